The molecule has 0 spiro atoms. The van der Waals surface area contributed by atoms with Gasteiger partial charge in [0.25, 0.3) is 0 Å². The van der Waals surface area contributed by atoms with Crippen LogP contribution < -0.4 is 15.6 Å². The molecule has 2 heterocycles. The molecule has 1 N–H and O–H groups in total. The van der Waals surface area contributed by atoms with Crippen molar-refractivity contribution in [1.29, 1.82) is 0 Å². The number of nitrogens with zero attached hydrogens (tertiary/aromatic N) is 4. The number of carbonyl (C=O) groups excluding carboxylic acids is 1. The molecule has 1 amide bonds. The van der Waals surface area contributed by atoms with Gasteiger partial charge in [0.2, 0.25) is 11.6 Å². The SMILES string of the molecule is CCC(Sc1nnc2c(=O)n(-c3cccc(OC)c3)ccn12)C(=O)Nc1ccc(C)c(Cl)c1. The third-order valence-electron chi connectivity index (χ3n) is 5.12. The Kier molecular flexibility index (Phi) is 6.71. The standard InChI is InChI=1S/C23H22ClN5O3S/c1-4-19(21(30)25-15-9-8-14(2)18(24)12-15)33-23-27-26-20-22(31)28(10-11-29(20)23)16-6-5-7-17(13-16)32-3/h5-13,19H,4H2,1-3H3,(H,25,30). The van der Waals surface area contributed by atoms with Crippen molar-refractivity contribution in [2.24, 2.45) is 0 Å². The molecule has 0 saturated carbocycles. The Bertz CT molecular complexity index is 1380. The summed E-state index contributed by atoms with van der Waals surface area (Å²) in [7, 11) is 1.57. The van der Waals surface area contributed by atoms with Crippen LogP contribution in [-0.4, -0.2) is 37.4 Å². The van der Waals surface area contributed by atoms with Crippen LogP contribution in [-0.2, 0) is 4.79 Å². The van der Waals surface area contributed by atoms with E-state index in [1.807, 2.05) is 32.0 Å². The van der Waals surface area contributed by atoms with E-state index in [9.17, 15) is 9.59 Å². The molecule has 0 saturated heterocycles. The predicted octanol–water partition coefficient (Wildman–Crippen LogP) is 4.36. The van der Waals surface area contributed by atoms with Crippen molar-refractivity contribution >= 4 is 40.6 Å². The summed E-state index contributed by atoms with van der Waals surface area (Å²) in [5, 5.41) is 11.8. The molecule has 2 aromatic heterocycles. The number of ether oxygens (including phenoxy) is 1. The van der Waals surface area contributed by atoms with E-state index in [-0.39, 0.29) is 17.1 Å². The second kappa shape index (κ2) is 9.68. The number of aryl methyl sites for hydroxylation is 1. The number of carbonyl (C=O) groups is 1. The van der Waals surface area contributed by atoms with Crippen LogP contribution in [0.2, 0.25) is 5.02 Å². The fourth-order valence-electron chi connectivity index (χ4n) is 3.25. The number of amides is 1. The summed E-state index contributed by atoms with van der Waals surface area (Å²) < 4.78 is 8.32. The Morgan fingerprint density at radius 1 is 1.21 bits per heavy atom. The summed E-state index contributed by atoms with van der Waals surface area (Å²) >= 11 is 7.42. The molecule has 33 heavy (non-hydrogen) atoms. The van der Waals surface area contributed by atoms with Gasteiger partial charge in [-0.25, -0.2) is 0 Å². The van der Waals surface area contributed by atoms with Gasteiger partial charge in [-0.15, -0.1) is 10.2 Å². The summed E-state index contributed by atoms with van der Waals surface area (Å²) in [6.45, 7) is 3.82. The number of fused-ring (bicyclic) bond motifs is 1. The largest absolute Gasteiger partial charge is 0.497 e. The molecule has 170 valence electrons. The van der Waals surface area contributed by atoms with Gasteiger partial charge in [-0.3, -0.25) is 18.6 Å². The third kappa shape index (κ3) is 4.74. The molecule has 0 fully saturated rings. The minimum Gasteiger partial charge on any atom is -0.497 e. The number of rotatable bonds is 7. The first kappa shape index (κ1) is 22.9. The number of benzene rings is 2. The molecule has 0 radical (unpaired) electrons. The van der Waals surface area contributed by atoms with Crippen LogP contribution in [0.4, 0.5) is 5.69 Å². The van der Waals surface area contributed by atoms with Crippen molar-refractivity contribution in [3.63, 3.8) is 0 Å². The number of thioether (sulfide) groups is 1. The van der Waals surface area contributed by atoms with Gasteiger partial charge in [0.05, 0.1) is 18.0 Å². The van der Waals surface area contributed by atoms with Gasteiger partial charge in [0, 0.05) is 29.2 Å². The lowest BCUT2D eigenvalue weighted by Crippen LogP contribution is -2.25. The molecule has 4 aromatic rings. The van der Waals surface area contributed by atoms with Crippen molar-refractivity contribution in [2.75, 3.05) is 12.4 Å². The zero-order chi connectivity index (χ0) is 23.5. The fourth-order valence-corrected chi connectivity index (χ4v) is 4.37. The van der Waals surface area contributed by atoms with Crippen LogP contribution in [0.3, 0.4) is 0 Å². The number of aromatic nitrogens is 4. The normalized spacial score (nSPS) is 12.0. The van der Waals surface area contributed by atoms with Gasteiger partial charge in [-0.1, -0.05) is 42.4 Å². The first-order chi connectivity index (χ1) is 15.9. The lowest BCUT2D eigenvalue weighted by atomic mass is 10.2. The maximum Gasteiger partial charge on any atom is 0.300 e. The summed E-state index contributed by atoms with van der Waals surface area (Å²) in [5.41, 5.74) is 2.06. The molecule has 8 nitrogen and oxygen atoms in total. The van der Waals surface area contributed by atoms with E-state index in [1.165, 1.54) is 16.3 Å². The summed E-state index contributed by atoms with van der Waals surface area (Å²) in [6, 6.07) is 12.6. The topological polar surface area (TPSA) is 90.5 Å². The van der Waals surface area contributed by atoms with E-state index < -0.39 is 5.25 Å². The van der Waals surface area contributed by atoms with Crippen molar-refractivity contribution in [3.05, 3.63) is 75.8 Å². The summed E-state index contributed by atoms with van der Waals surface area (Å²) in [6.07, 6.45) is 3.92. The molecule has 1 unspecified atom stereocenters. The van der Waals surface area contributed by atoms with Crippen molar-refractivity contribution < 1.29 is 9.53 Å². The number of methoxy groups -OCH3 is 1. The van der Waals surface area contributed by atoms with Crippen molar-refractivity contribution in [3.8, 4) is 11.4 Å². The average molecular weight is 484 g/mol. The van der Waals surface area contributed by atoms with Crippen molar-refractivity contribution in [1.82, 2.24) is 19.2 Å². The molecule has 0 aliphatic carbocycles. The highest BCUT2D eigenvalue weighted by Crippen LogP contribution is 2.26. The molecule has 10 heteroatoms. The molecule has 1 atom stereocenters. The second-order valence-electron chi connectivity index (χ2n) is 7.32. The zero-order valence-corrected chi connectivity index (χ0v) is 19.9. The van der Waals surface area contributed by atoms with Gasteiger partial charge < -0.3 is 10.1 Å². The summed E-state index contributed by atoms with van der Waals surface area (Å²) in [4.78, 5) is 25.9. The predicted molar refractivity (Wildman–Crippen MR) is 130 cm³/mol. The van der Waals surface area contributed by atoms with Crippen LogP contribution in [0.15, 0.2) is 64.8 Å². The Morgan fingerprint density at radius 3 is 2.76 bits per heavy atom. The Labute approximate surface area is 199 Å². The van der Waals surface area contributed by atoms with Crippen LogP contribution in [0, 0.1) is 6.92 Å². The highest BCUT2D eigenvalue weighted by atomic mass is 35.5. The van der Waals surface area contributed by atoms with Crippen molar-refractivity contribution in [2.45, 2.75) is 30.7 Å². The van der Waals surface area contributed by atoms with Crippen LogP contribution in [0.5, 0.6) is 5.75 Å². The Balaban J connectivity index is 1.59. The monoisotopic (exact) mass is 483 g/mol. The number of halogens is 1. The first-order valence-corrected chi connectivity index (χ1v) is 11.5. The highest BCUT2D eigenvalue weighted by molar-refractivity contribution is 8.00. The Hall–Kier alpha value is -3.30. The minimum absolute atomic E-state index is 0.170. The maximum absolute atomic E-state index is 13.0. The lowest BCUT2D eigenvalue weighted by Gasteiger charge is -2.14. The van der Waals surface area contributed by atoms with E-state index in [2.05, 4.69) is 15.5 Å². The third-order valence-corrected chi connectivity index (χ3v) is 6.85. The van der Waals surface area contributed by atoms with Crippen LogP contribution in [0.1, 0.15) is 18.9 Å². The lowest BCUT2D eigenvalue weighted by molar-refractivity contribution is -0.115. The van der Waals surface area contributed by atoms with E-state index >= 15 is 0 Å². The highest BCUT2D eigenvalue weighted by Gasteiger charge is 2.22. The minimum atomic E-state index is -0.432. The van der Waals surface area contributed by atoms with E-state index in [0.29, 0.717) is 33.7 Å². The smallest absolute Gasteiger partial charge is 0.300 e. The number of nitrogens with one attached hydrogen (secondary N) is 1. The van der Waals surface area contributed by atoms with Gasteiger partial charge in [-0.05, 0) is 43.2 Å². The first-order valence-electron chi connectivity index (χ1n) is 10.3. The Morgan fingerprint density at radius 2 is 2.03 bits per heavy atom. The molecule has 0 aliphatic rings. The molecule has 2 aromatic carbocycles. The molecular formula is C23H22ClN5O3S. The molecular weight excluding hydrogens is 462 g/mol. The summed E-state index contributed by atoms with van der Waals surface area (Å²) in [5.74, 6) is 0.465. The van der Waals surface area contributed by atoms with Gasteiger partial charge in [0.15, 0.2) is 5.16 Å². The molecule has 4 rings (SSSR count). The van der Waals surface area contributed by atoms with Crippen LogP contribution >= 0.6 is 23.4 Å². The second-order valence-corrected chi connectivity index (χ2v) is 8.90. The molecule has 0 aliphatic heterocycles. The van der Waals surface area contributed by atoms with Gasteiger partial charge in [-0.2, -0.15) is 0 Å². The van der Waals surface area contributed by atoms with E-state index in [0.717, 1.165) is 5.56 Å². The fraction of sp³-hybridized carbons (Fsp3) is 0.217. The zero-order valence-electron chi connectivity index (χ0n) is 18.3. The maximum atomic E-state index is 13.0. The number of hydrogen-bond acceptors (Lipinski definition) is 6. The van der Waals surface area contributed by atoms with Gasteiger partial charge in [0.1, 0.15) is 5.75 Å². The van der Waals surface area contributed by atoms with E-state index in [1.54, 1.807) is 48.2 Å². The number of anilines is 1. The number of hydrogen-bond donors (Lipinski definition) is 1. The van der Waals surface area contributed by atoms with Gasteiger partial charge >= 0.3 is 5.56 Å². The van der Waals surface area contributed by atoms with Crippen LogP contribution in [0.25, 0.3) is 11.3 Å². The quantitative estimate of drug-likeness (QED) is 0.393. The molecule has 0 bridgehead atoms. The van der Waals surface area contributed by atoms with E-state index in [4.69, 9.17) is 16.3 Å². The average Bonchev–Trinajstić information content (AvgIpc) is 3.23.